The third kappa shape index (κ3) is 7.67. The van der Waals surface area contributed by atoms with Gasteiger partial charge in [0.2, 0.25) is 0 Å². The Labute approximate surface area is 447 Å². The lowest BCUT2D eigenvalue weighted by molar-refractivity contribution is 0.590. The third-order valence-corrected chi connectivity index (χ3v) is 15.6. The molecule has 5 heteroatoms. The fourth-order valence-corrected chi connectivity index (χ4v) is 11.7. The van der Waals surface area contributed by atoms with Crippen LogP contribution in [-0.2, 0) is 10.8 Å². The number of hydrogen-bond donors (Lipinski definition) is 0. The predicted molar refractivity (Wildman–Crippen MR) is 323 cm³/mol. The van der Waals surface area contributed by atoms with Crippen molar-refractivity contribution in [1.82, 2.24) is 0 Å². The number of benzene rings is 11. The molecule has 0 aliphatic rings. The first-order chi connectivity index (χ1) is 37.5. The van der Waals surface area contributed by atoms with Crippen molar-refractivity contribution in [3.63, 3.8) is 0 Å². The van der Waals surface area contributed by atoms with Gasteiger partial charge in [-0.25, -0.2) is 0 Å². The highest BCUT2D eigenvalue weighted by molar-refractivity contribution is 6.39. The van der Waals surface area contributed by atoms with Crippen LogP contribution in [0.25, 0.3) is 98.6 Å². The maximum absolute atomic E-state index is 7.32. The van der Waals surface area contributed by atoms with E-state index in [9.17, 15) is 0 Å². The molecule has 0 unspecified atom stereocenters. The molecular formula is C72H56N2O3. The van der Waals surface area contributed by atoms with E-state index in [1.165, 1.54) is 22.3 Å². The molecule has 0 fully saturated rings. The molecule has 0 saturated heterocycles. The van der Waals surface area contributed by atoms with Crippen molar-refractivity contribution in [1.29, 1.82) is 0 Å². The number of nitrogens with zero attached hydrogens (tertiary/aromatic N) is 2. The molecule has 14 rings (SSSR count). The summed E-state index contributed by atoms with van der Waals surface area (Å²) in [5.74, 6) is 0. The van der Waals surface area contributed by atoms with Crippen molar-refractivity contribution in [2.45, 2.75) is 52.4 Å². The molecule has 0 saturated carbocycles. The Hall–Kier alpha value is -9.32. The van der Waals surface area contributed by atoms with E-state index in [0.717, 1.165) is 122 Å². The highest BCUT2D eigenvalue weighted by atomic mass is 16.3. The maximum Gasteiger partial charge on any atom is 0.146 e. The minimum absolute atomic E-state index is 0.0195. The average Bonchev–Trinajstić information content (AvgIpc) is 4.37. The van der Waals surface area contributed by atoms with E-state index in [4.69, 9.17) is 13.3 Å². The van der Waals surface area contributed by atoms with Gasteiger partial charge in [-0.15, -0.1) is 0 Å². The van der Waals surface area contributed by atoms with Gasteiger partial charge >= 0.3 is 0 Å². The summed E-state index contributed by atoms with van der Waals surface area (Å²) in [6.45, 7) is 13.6. The molecule has 0 atom stereocenters. The Balaban J connectivity index is 1.09. The van der Waals surface area contributed by atoms with Crippen molar-refractivity contribution in [3.8, 4) is 22.3 Å². The van der Waals surface area contributed by atoms with Crippen LogP contribution in [0.15, 0.2) is 244 Å². The first-order valence-corrected chi connectivity index (χ1v) is 26.6. The predicted octanol–water partition coefficient (Wildman–Crippen LogP) is 21.4. The Morgan fingerprint density at radius 1 is 0.299 bits per heavy atom. The molecule has 372 valence electrons. The molecule has 77 heavy (non-hydrogen) atoms. The first-order valence-electron chi connectivity index (χ1n) is 26.6. The van der Waals surface area contributed by atoms with Crippen LogP contribution in [0.5, 0.6) is 0 Å². The van der Waals surface area contributed by atoms with E-state index < -0.39 is 0 Å². The SMILES string of the molecule is CC(C)(C)c1ccc(N(c2ccc(-c3ccccc3)cc2)c2cc3c4ccoc4c4cc(N(c5ccc(-c6ccccc6)cc5)c5ccc(C(C)(C)C)cc5)c5c6ccccc6oc5c4c3c3oc4ccccc4c23)cc1. The topological polar surface area (TPSA) is 45.9 Å². The van der Waals surface area contributed by atoms with Crippen LogP contribution in [0, 0.1) is 0 Å². The maximum atomic E-state index is 7.32. The summed E-state index contributed by atoms with van der Waals surface area (Å²) < 4.78 is 21.4. The minimum atomic E-state index is -0.0214. The minimum Gasteiger partial charge on any atom is -0.464 e. The normalized spacial score (nSPS) is 12.3. The highest BCUT2D eigenvalue weighted by Crippen LogP contribution is 2.54. The molecule has 11 aromatic carbocycles. The summed E-state index contributed by atoms with van der Waals surface area (Å²) in [5.41, 5.74) is 17.2. The summed E-state index contributed by atoms with van der Waals surface area (Å²) in [4.78, 5) is 4.78. The van der Waals surface area contributed by atoms with E-state index in [2.05, 4.69) is 276 Å². The molecule has 3 heterocycles. The average molecular weight is 997 g/mol. The van der Waals surface area contributed by atoms with E-state index in [0.29, 0.717) is 0 Å². The molecule has 14 aromatic rings. The van der Waals surface area contributed by atoms with Crippen LogP contribution < -0.4 is 9.80 Å². The molecular weight excluding hydrogens is 941 g/mol. The van der Waals surface area contributed by atoms with Gasteiger partial charge in [0.1, 0.15) is 27.9 Å². The fourth-order valence-electron chi connectivity index (χ4n) is 11.7. The lowest BCUT2D eigenvalue weighted by Crippen LogP contribution is -2.13. The molecule has 0 aliphatic carbocycles. The van der Waals surface area contributed by atoms with Crippen LogP contribution in [-0.4, -0.2) is 0 Å². The van der Waals surface area contributed by atoms with Crippen LogP contribution >= 0.6 is 0 Å². The monoisotopic (exact) mass is 996 g/mol. The zero-order chi connectivity index (χ0) is 52.2. The molecule has 0 aliphatic heterocycles. The zero-order valence-electron chi connectivity index (χ0n) is 44.1. The summed E-state index contributed by atoms with van der Waals surface area (Å²) >= 11 is 0. The Morgan fingerprint density at radius 2 is 0.662 bits per heavy atom. The second kappa shape index (κ2) is 17.6. The van der Waals surface area contributed by atoms with Crippen molar-refractivity contribution in [3.05, 3.63) is 242 Å². The number of furan rings is 3. The number of fused-ring (bicyclic) bond motifs is 14. The van der Waals surface area contributed by atoms with Gasteiger partial charge in [-0.1, -0.05) is 187 Å². The number of anilines is 6. The van der Waals surface area contributed by atoms with Gasteiger partial charge in [0.05, 0.1) is 28.4 Å². The van der Waals surface area contributed by atoms with Crippen LogP contribution in [0.1, 0.15) is 52.7 Å². The van der Waals surface area contributed by atoms with Gasteiger partial charge in [-0.3, -0.25) is 0 Å². The quantitative estimate of drug-likeness (QED) is 0.142. The van der Waals surface area contributed by atoms with E-state index in [1.54, 1.807) is 0 Å². The molecule has 0 N–H and O–H groups in total. The molecule has 0 spiro atoms. The largest absolute Gasteiger partial charge is 0.464 e. The van der Waals surface area contributed by atoms with E-state index >= 15 is 0 Å². The standard InChI is InChI=1S/C72H56N2O3/c1-71(2,3)49-29-37-53(38-30-49)73(51-33-25-47(26-34-51)45-17-9-7-10-18-45)60-43-58-55-41-42-75-68(55)59-44-61(74(54-39-31-50(32-40-54)72(4,5)6)52-35-27-48(28-36-52)46-19-11-8-12-20-46)65-57-22-14-16-24-63(57)77-70(65)67(59)66(58)69-64(60)56-21-13-15-23-62(56)76-69/h7-44H,1-6H3. The number of rotatable bonds is 8. The molecule has 0 amide bonds. The van der Waals surface area contributed by atoms with Crippen molar-refractivity contribution >= 4 is 111 Å². The molecule has 3 aromatic heterocycles. The molecule has 5 nitrogen and oxygen atoms in total. The lowest BCUT2D eigenvalue weighted by atomic mass is 9.87. The van der Waals surface area contributed by atoms with Crippen molar-refractivity contribution < 1.29 is 13.3 Å². The third-order valence-electron chi connectivity index (χ3n) is 15.6. The Kier molecular flexibility index (Phi) is 10.6. The second-order valence-corrected chi connectivity index (χ2v) is 22.5. The van der Waals surface area contributed by atoms with Crippen molar-refractivity contribution in [2.24, 2.45) is 0 Å². The van der Waals surface area contributed by atoms with Gasteiger partial charge in [0, 0.05) is 55.1 Å². The Bertz CT molecular complexity index is 4240. The molecule has 0 bridgehead atoms. The van der Waals surface area contributed by atoms with E-state index in [-0.39, 0.29) is 10.8 Å². The zero-order valence-corrected chi connectivity index (χ0v) is 44.1. The number of hydrogen-bond acceptors (Lipinski definition) is 5. The first kappa shape index (κ1) is 46.2. The smallest absolute Gasteiger partial charge is 0.146 e. The summed E-state index contributed by atoms with van der Waals surface area (Å²) in [7, 11) is 0. The van der Waals surface area contributed by atoms with Crippen molar-refractivity contribution in [2.75, 3.05) is 9.80 Å². The van der Waals surface area contributed by atoms with Crippen LogP contribution in [0.3, 0.4) is 0 Å². The van der Waals surface area contributed by atoms with E-state index in [1.807, 2.05) is 6.26 Å². The van der Waals surface area contributed by atoms with Gasteiger partial charge in [0.15, 0.2) is 0 Å². The van der Waals surface area contributed by atoms with Gasteiger partial charge < -0.3 is 23.1 Å². The van der Waals surface area contributed by atoms with Gasteiger partial charge in [0.25, 0.3) is 0 Å². The lowest BCUT2D eigenvalue weighted by Gasteiger charge is -2.29. The van der Waals surface area contributed by atoms with Crippen LogP contribution in [0.2, 0.25) is 0 Å². The fraction of sp³-hybridized carbons (Fsp3) is 0.111. The summed E-state index contributed by atoms with van der Waals surface area (Å²) in [5, 5.41) is 8.87. The Morgan fingerprint density at radius 3 is 1.09 bits per heavy atom. The highest BCUT2D eigenvalue weighted by Gasteiger charge is 2.30. The van der Waals surface area contributed by atoms with Gasteiger partial charge in [-0.05, 0) is 128 Å². The second-order valence-electron chi connectivity index (χ2n) is 22.5. The summed E-state index contributed by atoms with van der Waals surface area (Å²) in [6, 6.07) is 80.7. The molecule has 0 radical (unpaired) electrons. The summed E-state index contributed by atoms with van der Waals surface area (Å²) in [6.07, 6.45) is 1.82. The number of para-hydroxylation sites is 2. The van der Waals surface area contributed by atoms with Crippen LogP contribution in [0.4, 0.5) is 34.1 Å². The van der Waals surface area contributed by atoms with Gasteiger partial charge in [-0.2, -0.15) is 0 Å².